The highest BCUT2D eigenvalue weighted by atomic mass is 16.1. The molecule has 0 aromatic heterocycles. The monoisotopic (exact) mass is 521 g/mol. The molecule has 1 saturated heterocycles. The first-order chi connectivity index (χ1) is 18.9. The van der Waals surface area contributed by atoms with E-state index in [1.54, 1.807) is 5.57 Å². The van der Waals surface area contributed by atoms with E-state index in [2.05, 4.69) is 99.4 Å². The number of hydrogen-bond donors (Lipinski definition) is 0. The van der Waals surface area contributed by atoms with Crippen molar-refractivity contribution in [3.63, 3.8) is 0 Å². The number of nitrogens with zero attached hydrogens (tertiary/aromatic N) is 1. The average Bonchev–Trinajstić information content (AvgIpc) is 2.96. The Hall–Kier alpha value is -2.71. The minimum Gasteiger partial charge on any atom is -0.299 e. The van der Waals surface area contributed by atoms with Gasteiger partial charge < -0.3 is 0 Å². The Morgan fingerprint density at radius 1 is 0.949 bits per heavy atom. The maximum Gasteiger partial charge on any atom is 0.136 e. The van der Waals surface area contributed by atoms with Gasteiger partial charge in [-0.3, -0.25) is 9.69 Å². The summed E-state index contributed by atoms with van der Waals surface area (Å²) in [7, 11) is 0. The van der Waals surface area contributed by atoms with Gasteiger partial charge in [0, 0.05) is 24.3 Å². The fraction of sp³-hybridized carbons (Fsp3) is 0.486. The van der Waals surface area contributed by atoms with Gasteiger partial charge in [-0.1, -0.05) is 91.8 Å². The Morgan fingerprint density at radius 2 is 1.69 bits per heavy atom. The molecule has 0 amide bonds. The van der Waals surface area contributed by atoms with E-state index in [4.69, 9.17) is 0 Å². The van der Waals surface area contributed by atoms with Gasteiger partial charge in [-0.25, -0.2) is 0 Å². The lowest BCUT2D eigenvalue weighted by molar-refractivity contribution is -0.124. The zero-order chi connectivity index (χ0) is 27.4. The summed E-state index contributed by atoms with van der Waals surface area (Å²) in [5.74, 6) is 1.77. The SMILES string of the molecule is CC1=CC=C(CCC(=O)C2CCN(C(C)C3=Cc4ccccc4CC3c3ccccc3CC(C)C)CC2)CC1. The molecule has 0 radical (unpaired) electrons. The fourth-order valence-electron chi connectivity index (χ4n) is 6.98. The topological polar surface area (TPSA) is 20.3 Å². The molecule has 206 valence electrons. The maximum absolute atomic E-state index is 13.1. The van der Waals surface area contributed by atoms with Crippen LogP contribution in [0.4, 0.5) is 0 Å². The third kappa shape index (κ3) is 6.72. The average molecular weight is 522 g/mol. The summed E-state index contributed by atoms with van der Waals surface area (Å²) >= 11 is 0. The molecule has 2 aromatic rings. The van der Waals surface area contributed by atoms with Crippen LogP contribution < -0.4 is 0 Å². The van der Waals surface area contributed by atoms with Crippen LogP contribution in [0, 0.1) is 11.8 Å². The molecule has 1 heterocycles. The number of benzene rings is 2. The van der Waals surface area contributed by atoms with Gasteiger partial charge in [0.2, 0.25) is 0 Å². The lowest BCUT2D eigenvalue weighted by atomic mass is 9.74. The van der Waals surface area contributed by atoms with E-state index in [1.807, 2.05) is 0 Å². The van der Waals surface area contributed by atoms with Crippen molar-refractivity contribution in [1.82, 2.24) is 4.90 Å². The molecule has 2 atom stereocenters. The number of piperidine rings is 1. The second-order valence-corrected chi connectivity index (χ2v) is 12.7. The highest BCUT2D eigenvalue weighted by Gasteiger charge is 2.33. The standard InChI is InChI=1S/C37H47NO/c1-26(2)23-33-11-7-8-12-34(33)36-25-32-10-6-5-9-31(32)24-35(36)28(4)38-21-19-30(20-22-38)37(39)18-17-29-15-13-27(3)14-16-29/h5-13,15,24,26,28,30,36H,14,16-23,25H2,1-4H3. The van der Waals surface area contributed by atoms with Gasteiger partial charge in [0.15, 0.2) is 0 Å². The van der Waals surface area contributed by atoms with Crippen LogP contribution in [-0.2, 0) is 17.6 Å². The van der Waals surface area contributed by atoms with Crippen molar-refractivity contribution >= 4 is 11.9 Å². The number of likely N-dealkylation sites (tertiary alicyclic amines) is 1. The largest absolute Gasteiger partial charge is 0.299 e. The summed E-state index contributed by atoms with van der Waals surface area (Å²) in [6.07, 6.45) is 15.1. The number of carbonyl (C=O) groups excluding carboxylic acids is 1. The van der Waals surface area contributed by atoms with E-state index in [9.17, 15) is 4.79 Å². The van der Waals surface area contributed by atoms with Crippen molar-refractivity contribution in [3.8, 4) is 0 Å². The molecule has 2 nitrogen and oxygen atoms in total. The number of allylic oxidation sites excluding steroid dienone is 4. The second kappa shape index (κ2) is 12.6. The highest BCUT2D eigenvalue weighted by molar-refractivity contribution is 5.81. The number of carbonyl (C=O) groups is 1. The van der Waals surface area contributed by atoms with Crippen molar-refractivity contribution in [1.29, 1.82) is 0 Å². The molecule has 2 aromatic carbocycles. The van der Waals surface area contributed by atoms with Crippen LogP contribution in [0.25, 0.3) is 6.08 Å². The number of hydrogen-bond acceptors (Lipinski definition) is 2. The Morgan fingerprint density at radius 3 is 2.44 bits per heavy atom. The van der Waals surface area contributed by atoms with Crippen LogP contribution in [0.15, 0.2) is 77.4 Å². The van der Waals surface area contributed by atoms with Crippen molar-refractivity contribution in [2.75, 3.05) is 13.1 Å². The zero-order valence-electron chi connectivity index (χ0n) is 24.6. The fourth-order valence-corrected chi connectivity index (χ4v) is 6.98. The number of fused-ring (bicyclic) bond motifs is 1. The van der Waals surface area contributed by atoms with E-state index >= 15 is 0 Å². The third-order valence-corrected chi connectivity index (χ3v) is 9.41. The van der Waals surface area contributed by atoms with Gasteiger partial charge >= 0.3 is 0 Å². The summed E-state index contributed by atoms with van der Waals surface area (Å²) in [4.78, 5) is 15.8. The molecule has 2 heteroatoms. The van der Waals surface area contributed by atoms with E-state index < -0.39 is 0 Å². The first-order valence-corrected chi connectivity index (χ1v) is 15.4. The molecule has 2 aliphatic carbocycles. The number of ketones is 1. The molecule has 0 N–H and O–H groups in total. The van der Waals surface area contributed by atoms with Crippen LogP contribution in [0.2, 0.25) is 0 Å². The Kier molecular flexibility index (Phi) is 9.03. The van der Waals surface area contributed by atoms with Gasteiger partial charge in [-0.15, -0.1) is 0 Å². The molecule has 3 aliphatic rings. The molecule has 0 spiro atoms. The Labute approximate surface area is 236 Å². The number of Topliss-reactive ketones (excluding diaryl/α,β-unsaturated/α-hetero) is 1. The maximum atomic E-state index is 13.1. The highest BCUT2D eigenvalue weighted by Crippen LogP contribution is 2.41. The van der Waals surface area contributed by atoms with Gasteiger partial charge in [-0.05, 0) is 106 Å². The predicted octanol–water partition coefficient (Wildman–Crippen LogP) is 8.72. The smallest absolute Gasteiger partial charge is 0.136 e. The minimum atomic E-state index is 0.235. The van der Waals surface area contributed by atoms with Gasteiger partial charge in [0.25, 0.3) is 0 Å². The molecule has 39 heavy (non-hydrogen) atoms. The van der Waals surface area contributed by atoms with Gasteiger partial charge in [0.1, 0.15) is 5.78 Å². The molecule has 1 aliphatic heterocycles. The van der Waals surface area contributed by atoms with Crippen LogP contribution in [-0.4, -0.2) is 29.8 Å². The quantitative estimate of drug-likeness (QED) is 0.329. The molecule has 1 fully saturated rings. The lowest BCUT2D eigenvalue weighted by Gasteiger charge is -2.40. The molecule has 0 bridgehead atoms. The normalized spacial score (nSPS) is 21.2. The summed E-state index contributed by atoms with van der Waals surface area (Å²) in [6.45, 7) is 11.3. The number of rotatable bonds is 9. The van der Waals surface area contributed by atoms with Crippen LogP contribution in [0.1, 0.15) is 94.4 Å². The molecular formula is C37H47NO. The van der Waals surface area contributed by atoms with Gasteiger partial charge in [0.05, 0.1) is 0 Å². The second-order valence-electron chi connectivity index (χ2n) is 12.7. The van der Waals surface area contributed by atoms with Crippen LogP contribution in [0.3, 0.4) is 0 Å². The van der Waals surface area contributed by atoms with Crippen molar-refractivity contribution in [3.05, 3.63) is 99.7 Å². The van der Waals surface area contributed by atoms with Crippen molar-refractivity contribution in [2.24, 2.45) is 11.8 Å². The van der Waals surface area contributed by atoms with Crippen LogP contribution >= 0.6 is 0 Å². The summed E-state index contributed by atoms with van der Waals surface area (Å²) in [6, 6.07) is 18.5. The van der Waals surface area contributed by atoms with Crippen molar-refractivity contribution < 1.29 is 4.79 Å². The Bertz CT molecular complexity index is 1250. The van der Waals surface area contributed by atoms with Crippen LogP contribution in [0.5, 0.6) is 0 Å². The molecule has 0 saturated carbocycles. The Balaban J connectivity index is 1.28. The predicted molar refractivity (Wildman–Crippen MR) is 165 cm³/mol. The third-order valence-electron chi connectivity index (χ3n) is 9.41. The first kappa shape index (κ1) is 27.8. The molecule has 2 unspecified atom stereocenters. The summed E-state index contributed by atoms with van der Waals surface area (Å²) < 4.78 is 0. The summed E-state index contributed by atoms with van der Waals surface area (Å²) in [5.41, 5.74) is 10.3. The molecule has 5 rings (SSSR count). The molecular weight excluding hydrogens is 474 g/mol. The van der Waals surface area contributed by atoms with E-state index in [1.165, 1.54) is 33.4 Å². The zero-order valence-corrected chi connectivity index (χ0v) is 24.6. The summed E-state index contributed by atoms with van der Waals surface area (Å²) in [5, 5.41) is 0. The van der Waals surface area contributed by atoms with E-state index in [0.29, 0.717) is 23.7 Å². The first-order valence-electron chi connectivity index (χ1n) is 15.4. The minimum absolute atomic E-state index is 0.235. The van der Waals surface area contributed by atoms with E-state index in [0.717, 1.165) is 64.5 Å². The lowest BCUT2D eigenvalue weighted by Crippen LogP contribution is -2.43. The van der Waals surface area contributed by atoms with Gasteiger partial charge in [-0.2, -0.15) is 0 Å². The van der Waals surface area contributed by atoms with Crippen molar-refractivity contribution in [2.45, 2.75) is 91.0 Å². The van der Waals surface area contributed by atoms with E-state index in [-0.39, 0.29) is 5.92 Å².